The van der Waals surface area contributed by atoms with E-state index in [2.05, 4.69) is 11.7 Å². The van der Waals surface area contributed by atoms with Crippen LogP contribution >= 0.6 is 61.0 Å². The third kappa shape index (κ3) is 27.2. The van der Waals surface area contributed by atoms with Gasteiger partial charge in [0.25, 0.3) is 0 Å². The van der Waals surface area contributed by atoms with Crippen LogP contribution in [0.2, 0.25) is 0 Å². The largest absolute Gasteiger partial charge is 0.466 e. The summed E-state index contributed by atoms with van der Waals surface area (Å²) in [6.45, 7) is 5.32. The SMILES string of the molecule is CCOC(=O)CC(C)=O.Cc1cc(=S)ss1.S=PP(P=S)P=S=S=S=S=S=S=S=S. The second kappa shape index (κ2) is 26.5. The molecular formula is C10H14O3P4S13. The molecule has 0 saturated heterocycles. The Kier molecular flexibility index (Phi) is 31.1. The standard InChI is InChI=1S/C6H10O3.C4H4S3.P4S10/c1-3-9-6(8)4-5(2)7;1-3-2-4(5)7-6-3;5-1-4(2-6)3-8-10-12-14-13-11-9-7/h3-4H2,1-2H3;2H,1H3;. The molecule has 0 unspecified atom stereocenters. The number of rotatable bonds is 6. The van der Waals surface area contributed by atoms with E-state index in [1.807, 2.05) is 15.6 Å². The van der Waals surface area contributed by atoms with E-state index in [1.165, 1.54) is 27.7 Å². The minimum atomic E-state index is -0.440. The molecule has 0 N–H and O–H groups in total. The lowest BCUT2D eigenvalue weighted by molar-refractivity contribution is -0.145. The first-order valence-corrected chi connectivity index (χ1v) is 28.1. The van der Waals surface area contributed by atoms with E-state index in [4.69, 9.17) is 47.0 Å². The van der Waals surface area contributed by atoms with E-state index >= 15 is 0 Å². The Balaban J connectivity index is 0. The number of aryl methyl sites for hydroxylation is 1. The normalized spacial score (nSPS) is 10.2. The van der Waals surface area contributed by atoms with Crippen LogP contribution in [0.4, 0.5) is 0 Å². The molecule has 1 aromatic rings. The molecule has 1 aromatic heterocycles. The summed E-state index contributed by atoms with van der Waals surface area (Å²) in [7, 11) is 18.6. The second-order valence-corrected chi connectivity index (χ2v) is 32.9. The lowest BCUT2D eigenvalue weighted by Gasteiger charge is -1.96. The number of ketones is 1. The minimum Gasteiger partial charge on any atom is -0.466 e. The molecule has 0 saturated carbocycles. The van der Waals surface area contributed by atoms with E-state index in [0.29, 0.717) is 6.61 Å². The van der Waals surface area contributed by atoms with Crippen LogP contribution < -0.4 is 0 Å². The Bertz CT molecular complexity index is 1040. The van der Waals surface area contributed by atoms with Gasteiger partial charge in [-0.25, -0.2) is 0 Å². The Labute approximate surface area is 230 Å². The van der Waals surface area contributed by atoms with Gasteiger partial charge in [0.05, 0.1) is 13.6 Å². The van der Waals surface area contributed by atoms with Crippen molar-refractivity contribution in [1.82, 2.24) is 0 Å². The zero-order chi connectivity index (χ0) is 23.2. The van der Waals surface area contributed by atoms with Crippen molar-refractivity contribution in [3.05, 3.63) is 14.8 Å². The van der Waals surface area contributed by atoms with Crippen molar-refractivity contribution in [3.63, 3.8) is 0 Å². The van der Waals surface area contributed by atoms with Gasteiger partial charge in [-0.15, -0.1) is 0 Å². The quantitative estimate of drug-likeness (QED) is 0.105. The van der Waals surface area contributed by atoms with Crippen LogP contribution in [-0.2, 0) is 112 Å². The molecule has 30 heavy (non-hydrogen) atoms. The number of ether oxygens (including phenoxy) is 1. The monoisotopic (exact) mass is 722 g/mol. The molecule has 0 radical (unpaired) electrons. The van der Waals surface area contributed by atoms with Gasteiger partial charge in [-0.05, 0) is 101 Å². The van der Waals surface area contributed by atoms with Crippen LogP contribution in [0.1, 0.15) is 25.1 Å². The molecule has 3 nitrogen and oxygen atoms in total. The fourth-order valence-electron chi connectivity index (χ4n) is 0.882. The highest BCUT2D eigenvalue weighted by Gasteiger charge is 2.03. The summed E-state index contributed by atoms with van der Waals surface area (Å²) in [4.78, 5) is 22.0. The Morgan fingerprint density at radius 3 is 2.13 bits per heavy atom. The maximum atomic E-state index is 10.4. The van der Waals surface area contributed by atoms with Gasteiger partial charge < -0.3 is 4.74 Å². The molecule has 0 aliphatic rings. The average molecular weight is 723 g/mol. The van der Waals surface area contributed by atoms with Crippen molar-refractivity contribution in [3.8, 4) is 0 Å². The first-order chi connectivity index (χ1) is 14.3. The van der Waals surface area contributed by atoms with Crippen LogP contribution in [0.5, 0.6) is 0 Å². The summed E-state index contributed by atoms with van der Waals surface area (Å²) in [6, 6.07) is 2.02. The predicted molar refractivity (Wildman–Crippen MR) is 171 cm³/mol. The van der Waals surface area contributed by atoms with Gasteiger partial charge in [0.1, 0.15) is 16.0 Å². The molecule has 20 heteroatoms. The molecular weight excluding hydrogens is 709 g/mol. The number of esters is 1. The van der Waals surface area contributed by atoms with Crippen molar-refractivity contribution in [2.24, 2.45) is 0 Å². The van der Waals surface area contributed by atoms with Gasteiger partial charge in [0.2, 0.25) is 0 Å². The molecule has 1 rings (SSSR count). The first kappa shape index (κ1) is 35.1. The van der Waals surface area contributed by atoms with Crippen molar-refractivity contribution in [2.75, 3.05) is 6.61 Å². The highest BCUT2D eigenvalue weighted by Crippen LogP contribution is 2.69. The smallest absolute Gasteiger partial charge is 0.313 e. The lowest BCUT2D eigenvalue weighted by atomic mass is 10.3. The fraction of sp³-hybridized carbons (Fsp3) is 0.500. The lowest BCUT2D eigenvalue weighted by Crippen LogP contribution is -2.07. The Hall–Kier alpha value is 2.94. The molecule has 0 spiro atoms. The predicted octanol–water partition coefficient (Wildman–Crippen LogP) is 6.80. The molecule has 0 fully saturated rings. The molecule has 0 amide bonds. The third-order valence-electron chi connectivity index (χ3n) is 1.70. The van der Waals surface area contributed by atoms with Gasteiger partial charge in [0.15, 0.2) is 0 Å². The zero-order valence-electron chi connectivity index (χ0n) is 15.3. The summed E-state index contributed by atoms with van der Waals surface area (Å²) in [5.41, 5.74) is 0. The molecule has 0 aromatic carbocycles. The summed E-state index contributed by atoms with van der Waals surface area (Å²) in [6.07, 6.45) is -0.103. The van der Waals surface area contributed by atoms with Gasteiger partial charge in [-0.2, -0.15) is 0 Å². The fourth-order valence-corrected chi connectivity index (χ4v) is 38.4. The van der Waals surface area contributed by atoms with Gasteiger partial charge >= 0.3 is 5.97 Å². The van der Waals surface area contributed by atoms with E-state index in [9.17, 15) is 9.59 Å². The molecule has 0 atom stereocenters. The maximum absolute atomic E-state index is 10.4. The van der Waals surface area contributed by atoms with Crippen molar-refractivity contribution < 1.29 is 14.3 Å². The summed E-state index contributed by atoms with van der Waals surface area (Å²) in [5.74, 6) is -0.599. The number of Topliss-reactive ketones (excluding diaryl/α,β-unsaturated/α-hetero) is 1. The number of hydrogen-bond acceptors (Lipinski definition) is 9. The van der Waals surface area contributed by atoms with Crippen LogP contribution in [0, 0.1) is 10.7 Å². The summed E-state index contributed by atoms with van der Waals surface area (Å²) in [5, 5.41) is 0. The van der Waals surface area contributed by atoms with Gasteiger partial charge in [-0.3, -0.25) is 9.59 Å². The highest BCUT2D eigenvalue weighted by molar-refractivity contribution is 8.87. The van der Waals surface area contributed by atoms with E-state index < -0.39 is 5.97 Å². The van der Waals surface area contributed by atoms with Gasteiger partial charge in [-0.1, -0.05) is 56.5 Å². The molecule has 170 valence electrons. The van der Waals surface area contributed by atoms with Crippen LogP contribution in [0.15, 0.2) is 6.07 Å². The van der Waals surface area contributed by atoms with Crippen molar-refractivity contribution >= 4 is 170 Å². The van der Waals surface area contributed by atoms with E-state index in [1.54, 1.807) is 72.0 Å². The molecule has 1 heterocycles. The number of carbonyl (C=O) groups is 2. The number of carbonyl (C=O) groups excluding carboxylic acids is 2. The zero-order valence-corrected chi connectivity index (χ0v) is 29.5. The van der Waals surface area contributed by atoms with Crippen molar-refractivity contribution in [2.45, 2.75) is 27.2 Å². The molecule has 0 aliphatic carbocycles. The maximum Gasteiger partial charge on any atom is 0.313 e. The van der Waals surface area contributed by atoms with E-state index in [-0.39, 0.29) is 19.2 Å². The third-order valence-corrected chi connectivity index (χ3v) is 38.4. The average Bonchev–Trinajstić information content (AvgIpc) is 3.07. The van der Waals surface area contributed by atoms with Gasteiger partial charge in [0, 0.05) is 26.0 Å². The molecule has 0 aliphatic heterocycles. The van der Waals surface area contributed by atoms with Crippen LogP contribution in [0.3, 0.4) is 0 Å². The highest BCUT2D eigenvalue weighted by atomic mass is 33.4. The topological polar surface area (TPSA) is 43.4 Å². The molecule has 0 bridgehead atoms. The van der Waals surface area contributed by atoms with Crippen LogP contribution in [-0.4, -0.2) is 18.4 Å². The summed E-state index contributed by atoms with van der Waals surface area (Å²) < 4.78 is 5.50. The minimum absolute atomic E-state index is 0.103. The number of hydrogen-bond donors (Lipinski definition) is 0. The second-order valence-electron chi connectivity index (χ2n) is 3.92. The van der Waals surface area contributed by atoms with E-state index in [0.717, 1.165) is 17.9 Å². The van der Waals surface area contributed by atoms with Crippen LogP contribution in [0.25, 0.3) is 0 Å². The Morgan fingerprint density at radius 2 is 1.73 bits per heavy atom. The summed E-state index contributed by atoms with van der Waals surface area (Å²) >= 11 is 19.5. The first-order valence-electron chi connectivity index (χ1n) is 6.99. The Morgan fingerprint density at radius 1 is 1.13 bits per heavy atom. The van der Waals surface area contributed by atoms with Crippen molar-refractivity contribution in [1.29, 1.82) is 0 Å².